The molecule has 0 rings (SSSR count). The predicted octanol–water partition coefficient (Wildman–Crippen LogP) is 5.32. The van der Waals surface area contributed by atoms with Crippen LogP contribution in [0.15, 0.2) is 0 Å². The average molecular weight is 356 g/mol. The molecule has 0 radical (unpaired) electrons. The van der Waals surface area contributed by atoms with Crippen LogP contribution in [-0.4, -0.2) is 18.5 Å². The normalized spacial score (nSPS) is 14.1. The molecule has 0 aliphatic heterocycles. The summed E-state index contributed by atoms with van der Waals surface area (Å²) in [5.74, 6) is 0. The molecule has 98 valence electrons. The van der Waals surface area contributed by atoms with E-state index in [0.29, 0.717) is 0 Å². The first-order valence-corrected chi connectivity index (χ1v) is 10.6. The van der Waals surface area contributed by atoms with Crippen LogP contribution in [0.4, 0.5) is 0 Å². The minimum Gasteiger partial charge on any atom is -0.416 e. The van der Waals surface area contributed by atoms with Gasteiger partial charge in [-0.25, -0.2) is 0 Å². The van der Waals surface area contributed by atoms with Gasteiger partial charge in [-0.3, -0.25) is 0 Å². The molecule has 0 aliphatic carbocycles. The Kier molecular flexibility index (Phi) is 10.4. The molecule has 0 bridgehead atoms. The molecular formula is C13H29IOSi. The van der Waals surface area contributed by atoms with Crippen molar-refractivity contribution in [1.29, 1.82) is 0 Å². The van der Waals surface area contributed by atoms with Gasteiger partial charge in [0.15, 0.2) is 0 Å². The third-order valence-electron chi connectivity index (χ3n) is 3.27. The van der Waals surface area contributed by atoms with Gasteiger partial charge in [-0.15, -0.1) is 0 Å². The first kappa shape index (κ1) is 16.9. The van der Waals surface area contributed by atoms with Crippen molar-refractivity contribution in [3.63, 3.8) is 0 Å². The summed E-state index contributed by atoms with van der Waals surface area (Å²) >= 11 is 2.66. The lowest BCUT2D eigenvalue weighted by Crippen LogP contribution is -2.47. The Hall–Kier alpha value is 0.907. The van der Waals surface area contributed by atoms with Crippen LogP contribution < -0.4 is 0 Å². The van der Waals surface area contributed by atoms with E-state index in [1.807, 2.05) is 0 Å². The highest BCUT2D eigenvalue weighted by Crippen LogP contribution is 2.32. The molecule has 0 fully saturated rings. The second-order valence-corrected chi connectivity index (χ2v) is 11.4. The van der Waals surface area contributed by atoms with Gasteiger partial charge < -0.3 is 4.43 Å². The molecule has 1 atom stereocenters. The summed E-state index contributed by atoms with van der Waals surface area (Å²) in [6, 6.07) is 2.75. The fraction of sp³-hybridized carbons (Fsp3) is 1.00. The van der Waals surface area contributed by atoms with Crippen LogP contribution in [0.5, 0.6) is 0 Å². The zero-order valence-electron chi connectivity index (χ0n) is 11.5. The summed E-state index contributed by atoms with van der Waals surface area (Å²) in [5.41, 5.74) is 0. The van der Waals surface area contributed by atoms with Crippen molar-refractivity contribution in [1.82, 2.24) is 0 Å². The maximum atomic E-state index is 6.32. The molecule has 3 heteroatoms. The zero-order valence-corrected chi connectivity index (χ0v) is 14.7. The van der Waals surface area contributed by atoms with Gasteiger partial charge in [0, 0.05) is 10.2 Å². The fourth-order valence-corrected chi connectivity index (χ4v) is 9.26. The molecule has 0 aromatic carbocycles. The van der Waals surface area contributed by atoms with E-state index < -0.39 is 8.32 Å². The van der Waals surface area contributed by atoms with Crippen LogP contribution >= 0.6 is 22.6 Å². The fourth-order valence-electron chi connectivity index (χ4n) is 2.28. The van der Waals surface area contributed by atoms with Crippen LogP contribution in [-0.2, 0) is 4.43 Å². The van der Waals surface area contributed by atoms with E-state index in [1.165, 1.54) is 44.2 Å². The minimum absolute atomic E-state index is 0.795. The Morgan fingerprint density at radius 2 is 1.50 bits per heavy atom. The van der Waals surface area contributed by atoms with Crippen molar-refractivity contribution in [2.24, 2.45) is 0 Å². The van der Waals surface area contributed by atoms with Crippen molar-refractivity contribution in [2.75, 3.05) is 6.61 Å². The molecular weight excluding hydrogens is 327 g/mol. The maximum absolute atomic E-state index is 6.32. The number of unbranched alkanes of at least 4 members (excludes halogenated alkanes) is 2. The first-order chi connectivity index (χ1) is 7.66. The van der Waals surface area contributed by atoms with Crippen molar-refractivity contribution in [2.45, 2.75) is 75.4 Å². The summed E-state index contributed by atoms with van der Waals surface area (Å²) < 4.78 is 7.11. The van der Waals surface area contributed by atoms with E-state index in [4.69, 9.17) is 4.43 Å². The number of halogens is 1. The van der Waals surface area contributed by atoms with E-state index in [2.05, 4.69) is 50.3 Å². The minimum atomic E-state index is -1.45. The Labute approximate surface area is 117 Å². The van der Waals surface area contributed by atoms with E-state index >= 15 is 0 Å². The highest BCUT2D eigenvalue weighted by atomic mass is 127. The predicted molar refractivity (Wildman–Crippen MR) is 84.9 cm³/mol. The smallest absolute Gasteiger partial charge is 0.205 e. The molecule has 0 spiro atoms. The van der Waals surface area contributed by atoms with E-state index in [-0.39, 0.29) is 0 Å². The van der Waals surface area contributed by atoms with Gasteiger partial charge in [0.1, 0.15) is 0 Å². The van der Waals surface area contributed by atoms with Gasteiger partial charge in [0.25, 0.3) is 0 Å². The maximum Gasteiger partial charge on any atom is 0.205 e. The largest absolute Gasteiger partial charge is 0.416 e. The Balaban J connectivity index is 4.58. The Bertz CT molecular complexity index is 156. The molecule has 0 aromatic heterocycles. The average Bonchev–Trinajstić information content (AvgIpc) is 2.32. The van der Waals surface area contributed by atoms with Crippen LogP contribution in [0.1, 0.15) is 59.8 Å². The summed E-state index contributed by atoms with van der Waals surface area (Å²) in [6.45, 7) is 9.98. The number of rotatable bonds is 10. The molecule has 0 heterocycles. The summed E-state index contributed by atoms with van der Waals surface area (Å²) in [7, 11) is -1.45. The van der Waals surface area contributed by atoms with Gasteiger partial charge >= 0.3 is 0 Å². The number of hydrogen-bond donors (Lipinski definition) is 0. The number of alkyl halides is 1. The van der Waals surface area contributed by atoms with Crippen LogP contribution in [0.3, 0.4) is 0 Å². The Morgan fingerprint density at radius 3 is 1.81 bits per heavy atom. The molecule has 16 heavy (non-hydrogen) atoms. The summed E-state index contributed by atoms with van der Waals surface area (Å²) in [4.78, 5) is 0. The third-order valence-corrected chi connectivity index (χ3v) is 12.4. The molecule has 0 amide bonds. The second kappa shape index (κ2) is 9.89. The van der Waals surface area contributed by atoms with Crippen molar-refractivity contribution < 1.29 is 4.43 Å². The van der Waals surface area contributed by atoms with Gasteiger partial charge in [0.05, 0.1) is 0 Å². The van der Waals surface area contributed by atoms with Crippen molar-refractivity contribution in [3.05, 3.63) is 0 Å². The Morgan fingerprint density at radius 1 is 1.00 bits per heavy atom. The van der Waals surface area contributed by atoms with E-state index in [9.17, 15) is 0 Å². The quantitative estimate of drug-likeness (QED) is 0.292. The molecule has 0 saturated carbocycles. The lowest BCUT2D eigenvalue weighted by atomic mass is 10.4. The highest BCUT2D eigenvalue weighted by Gasteiger charge is 2.39. The lowest BCUT2D eigenvalue weighted by Gasteiger charge is -2.35. The van der Waals surface area contributed by atoms with E-state index in [1.54, 1.807) is 0 Å². The van der Waals surface area contributed by atoms with Crippen LogP contribution in [0.2, 0.25) is 12.1 Å². The first-order valence-electron chi connectivity index (χ1n) is 6.94. The molecule has 0 saturated heterocycles. The monoisotopic (exact) mass is 356 g/mol. The standard InChI is InChI=1S/C13H29IOSi/c1-5-9-11-16(15-8-4,12-10-6-2)13(14)7-3/h13H,5-12H2,1-4H3. The number of hydrogen-bond acceptors (Lipinski definition) is 1. The second-order valence-electron chi connectivity index (χ2n) is 4.58. The highest BCUT2D eigenvalue weighted by molar-refractivity contribution is 14.1. The summed E-state index contributed by atoms with van der Waals surface area (Å²) in [5, 5.41) is 0. The SMILES string of the molecule is CCCC[Si](CCCC)(OCC)C(I)CC. The van der Waals surface area contributed by atoms with Crippen molar-refractivity contribution in [3.8, 4) is 0 Å². The van der Waals surface area contributed by atoms with E-state index in [0.717, 1.165) is 10.2 Å². The van der Waals surface area contributed by atoms with Crippen LogP contribution in [0.25, 0.3) is 0 Å². The van der Waals surface area contributed by atoms with Crippen molar-refractivity contribution >= 4 is 30.9 Å². The zero-order chi connectivity index (χ0) is 12.4. The molecule has 0 N–H and O–H groups in total. The molecule has 0 aromatic rings. The molecule has 1 nitrogen and oxygen atoms in total. The molecule has 0 aliphatic rings. The van der Waals surface area contributed by atoms with Crippen LogP contribution in [0, 0.1) is 0 Å². The third kappa shape index (κ3) is 5.49. The van der Waals surface area contributed by atoms with Gasteiger partial charge in [-0.2, -0.15) is 0 Å². The molecule has 1 unspecified atom stereocenters. The van der Waals surface area contributed by atoms with Gasteiger partial charge in [0.2, 0.25) is 8.32 Å². The lowest BCUT2D eigenvalue weighted by molar-refractivity contribution is 0.314. The van der Waals surface area contributed by atoms with Gasteiger partial charge in [-0.05, 0) is 25.4 Å². The summed E-state index contributed by atoms with van der Waals surface area (Å²) in [6.07, 6.45) is 6.60. The van der Waals surface area contributed by atoms with Gasteiger partial charge in [-0.1, -0.05) is 69.0 Å². The topological polar surface area (TPSA) is 9.23 Å².